The third kappa shape index (κ3) is 3.48. The molecule has 0 unspecified atom stereocenters. The minimum Gasteiger partial charge on any atom is -0.326 e. The molecule has 1 fully saturated rings. The van der Waals surface area contributed by atoms with E-state index in [-0.39, 0.29) is 36.0 Å². The van der Waals surface area contributed by atoms with Crippen molar-refractivity contribution < 1.29 is 16.8 Å². The molecule has 6 nitrogen and oxygen atoms in total. The maximum Gasteiger partial charge on any atom is 0.244 e. The molecular formula is C12H17BrN2O4S2. The predicted molar refractivity (Wildman–Crippen MR) is 84.2 cm³/mol. The van der Waals surface area contributed by atoms with Gasteiger partial charge >= 0.3 is 0 Å². The zero-order chi connectivity index (χ0) is 15.8. The lowest BCUT2D eigenvalue weighted by Crippen LogP contribution is -2.43. The van der Waals surface area contributed by atoms with E-state index in [9.17, 15) is 16.8 Å². The molecule has 1 saturated heterocycles. The smallest absolute Gasteiger partial charge is 0.244 e. The summed E-state index contributed by atoms with van der Waals surface area (Å²) < 4.78 is 50.0. The summed E-state index contributed by atoms with van der Waals surface area (Å²) in [5.41, 5.74) is 7.09. The molecule has 2 N–H and O–H groups in total. The fraction of sp³-hybridized carbons (Fsp3) is 0.500. The summed E-state index contributed by atoms with van der Waals surface area (Å²) in [6.07, 6.45) is 0. The number of benzene rings is 1. The third-order valence-electron chi connectivity index (χ3n) is 3.44. The number of hydrogen-bond acceptors (Lipinski definition) is 5. The number of nitrogens with zero attached hydrogens (tertiary/aromatic N) is 1. The Bertz CT molecular complexity index is 746. The zero-order valence-electron chi connectivity index (χ0n) is 11.5. The Kier molecular flexibility index (Phi) is 4.79. The summed E-state index contributed by atoms with van der Waals surface area (Å²) >= 11 is 3.30. The van der Waals surface area contributed by atoms with Gasteiger partial charge in [0.25, 0.3) is 0 Å². The van der Waals surface area contributed by atoms with Crippen molar-refractivity contribution in [3.05, 3.63) is 27.7 Å². The molecule has 21 heavy (non-hydrogen) atoms. The summed E-state index contributed by atoms with van der Waals surface area (Å²) in [5, 5.41) is 0. The van der Waals surface area contributed by atoms with Gasteiger partial charge in [0, 0.05) is 24.1 Å². The van der Waals surface area contributed by atoms with Crippen molar-refractivity contribution in [3.63, 3.8) is 0 Å². The summed E-state index contributed by atoms with van der Waals surface area (Å²) in [6, 6.07) is 3.36. The highest BCUT2D eigenvalue weighted by molar-refractivity contribution is 9.10. The van der Waals surface area contributed by atoms with Gasteiger partial charge in [-0.25, -0.2) is 16.8 Å². The van der Waals surface area contributed by atoms with Gasteiger partial charge in [0.1, 0.15) is 0 Å². The van der Waals surface area contributed by atoms with Crippen molar-refractivity contribution in [1.82, 2.24) is 4.31 Å². The molecule has 1 aliphatic heterocycles. The highest BCUT2D eigenvalue weighted by atomic mass is 79.9. The van der Waals surface area contributed by atoms with E-state index < -0.39 is 19.9 Å². The Balaban J connectivity index is 2.43. The first-order valence-electron chi connectivity index (χ1n) is 6.37. The Morgan fingerprint density at radius 3 is 2.38 bits per heavy atom. The largest absolute Gasteiger partial charge is 0.326 e. The minimum absolute atomic E-state index is 0.0109. The first-order chi connectivity index (χ1) is 9.67. The first kappa shape index (κ1) is 16.9. The second-order valence-electron chi connectivity index (χ2n) is 4.98. The fourth-order valence-corrected chi connectivity index (χ4v) is 6.09. The number of hydrogen-bond donors (Lipinski definition) is 1. The van der Waals surface area contributed by atoms with Crippen molar-refractivity contribution in [1.29, 1.82) is 0 Å². The van der Waals surface area contributed by atoms with E-state index in [2.05, 4.69) is 15.9 Å². The van der Waals surface area contributed by atoms with E-state index in [4.69, 9.17) is 5.73 Å². The molecule has 1 aliphatic rings. The van der Waals surface area contributed by atoms with E-state index in [1.807, 2.05) is 6.07 Å². The molecule has 0 aliphatic carbocycles. The summed E-state index contributed by atoms with van der Waals surface area (Å²) in [7, 11) is -6.86. The Morgan fingerprint density at radius 1 is 1.29 bits per heavy atom. The molecule has 118 valence electrons. The maximum atomic E-state index is 12.7. The fourth-order valence-electron chi connectivity index (χ4n) is 2.19. The van der Waals surface area contributed by atoms with Crippen LogP contribution in [0.3, 0.4) is 0 Å². The number of sulfone groups is 1. The maximum absolute atomic E-state index is 12.7. The van der Waals surface area contributed by atoms with Gasteiger partial charge < -0.3 is 5.73 Å². The predicted octanol–water partition coefficient (Wildman–Crippen LogP) is 0.635. The number of sulfonamides is 1. The topological polar surface area (TPSA) is 97.5 Å². The third-order valence-corrected chi connectivity index (χ3v) is 8.28. The number of aryl methyl sites for hydroxylation is 1. The zero-order valence-corrected chi connectivity index (χ0v) is 14.8. The molecule has 1 aromatic carbocycles. The number of rotatable bonds is 3. The van der Waals surface area contributed by atoms with Crippen LogP contribution >= 0.6 is 15.9 Å². The molecule has 9 heteroatoms. The monoisotopic (exact) mass is 396 g/mol. The highest BCUT2D eigenvalue weighted by Gasteiger charge is 2.32. The molecule has 0 amide bonds. The Morgan fingerprint density at radius 2 is 1.86 bits per heavy atom. The molecule has 0 spiro atoms. The van der Waals surface area contributed by atoms with Crippen molar-refractivity contribution >= 4 is 35.8 Å². The normalized spacial score (nSPS) is 19.6. The van der Waals surface area contributed by atoms with Crippen LogP contribution in [0, 0.1) is 6.92 Å². The van der Waals surface area contributed by atoms with Gasteiger partial charge in [0.15, 0.2) is 9.84 Å². The second-order valence-corrected chi connectivity index (χ2v) is 9.99. The lowest BCUT2D eigenvalue weighted by atomic mass is 10.1. The van der Waals surface area contributed by atoms with Crippen LogP contribution in [0.2, 0.25) is 0 Å². The van der Waals surface area contributed by atoms with Gasteiger partial charge in [-0.2, -0.15) is 4.31 Å². The van der Waals surface area contributed by atoms with E-state index in [1.165, 1.54) is 10.4 Å². The van der Waals surface area contributed by atoms with Gasteiger partial charge in [0.2, 0.25) is 10.0 Å². The number of nitrogens with two attached hydrogens (primary N) is 1. The molecular weight excluding hydrogens is 380 g/mol. The second kappa shape index (κ2) is 5.96. The van der Waals surface area contributed by atoms with Gasteiger partial charge in [-0.1, -0.05) is 6.07 Å². The van der Waals surface area contributed by atoms with E-state index in [1.54, 1.807) is 6.92 Å². The molecule has 0 saturated carbocycles. The van der Waals surface area contributed by atoms with Crippen LogP contribution in [0.15, 0.2) is 21.5 Å². The summed E-state index contributed by atoms with van der Waals surface area (Å²) in [6.45, 7) is 2.01. The van der Waals surface area contributed by atoms with Gasteiger partial charge in [-0.15, -0.1) is 0 Å². The average Bonchev–Trinajstić information content (AvgIpc) is 2.41. The molecule has 0 aromatic heterocycles. The van der Waals surface area contributed by atoms with Crippen LogP contribution < -0.4 is 5.73 Å². The van der Waals surface area contributed by atoms with Crippen molar-refractivity contribution in [2.75, 3.05) is 24.6 Å². The minimum atomic E-state index is -3.73. The van der Waals surface area contributed by atoms with E-state index in [0.717, 1.165) is 11.1 Å². The van der Waals surface area contributed by atoms with Gasteiger partial charge in [-0.3, -0.25) is 0 Å². The quantitative estimate of drug-likeness (QED) is 0.807. The van der Waals surface area contributed by atoms with Crippen LogP contribution in [0.25, 0.3) is 0 Å². The lowest BCUT2D eigenvalue weighted by Gasteiger charge is -2.26. The standard InChI is InChI=1S/C12H17BrN2O4S2/c1-9-6-10(8-14)7-11(12(9)13)21(18,19)15-2-4-20(16,17)5-3-15/h6-7H,2-5,8,14H2,1H3. The Labute approximate surface area is 133 Å². The van der Waals surface area contributed by atoms with Crippen molar-refractivity contribution in [2.24, 2.45) is 5.73 Å². The molecule has 2 rings (SSSR count). The van der Waals surface area contributed by atoms with Crippen molar-refractivity contribution in [3.8, 4) is 0 Å². The lowest BCUT2D eigenvalue weighted by molar-refractivity contribution is 0.430. The highest BCUT2D eigenvalue weighted by Crippen LogP contribution is 2.30. The average molecular weight is 397 g/mol. The van der Waals surface area contributed by atoms with Crippen LogP contribution in [0.5, 0.6) is 0 Å². The van der Waals surface area contributed by atoms with Crippen LogP contribution in [0.4, 0.5) is 0 Å². The summed E-state index contributed by atoms with van der Waals surface area (Å²) in [5.74, 6) is -0.279. The Hall–Kier alpha value is -0.480. The van der Waals surface area contributed by atoms with E-state index >= 15 is 0 Å². The van der Waals surface area contributed by atoms with Crippen molar-refractivity contribution in [2.45, 2.75) is 18.4 Å². The molecule has 0 radical (unpaired) electrons. The molecule has 1 heterocycles. The van der Waals surface area contributed by atoms with Crippen LogP contribution in [-0.4, -0.2) is 45.7 Å². The van der Waals surface area contributed by atoms with Gasteiger partial charge in [-0.05, 0) is 40.0 Å². The molecule has 1 aromatic rings. The summed E-state index contributed by atoms with van der Waals surface area (Å²) in [4.78, 5) is 0.141. The number of halogens is 1. The van der Waals surface area contributed by atoms with Crippen LogP contribution in [0.1, 0.15) is 11.1 Å². The van der Waals surface area contributed by atoms with Crippen LogP contribution in [-0.2, 0) is 26.4 Å². The van der Waals surface area contributed by atoms with Gasteiger partial charge in [0.05, 0.1) is 16.4 Å². The molecule has 0 atom stereocenters. The molecule has 0 bridgehead atoms. The SMILES string of the molecule is Cc1cc(CN)cc(S(=O)(=O)N2CCS(=O)(=O)CC2)c1Br. The van der Waals surface area contributed by atoms with E-state index in [0.29, 0.717) is 4.47 Å². The first-order valence-corrected chi connectivity index (χ1v) is 10.4.